The van der Waals surface area contributed by atoms with Gasteiger partial charge >= 0.3 is 5.97 Å². The van der Waals surface area contributed by atoms with Crippen LogP contribution in [0.2, 0.25) is 0 Å². The van der Waals surface area contributed by atoms with Crippen LogP contribution in [0, 0.1) is 5.92 Å². The third-order valence-electron chi connectivity index (χ3n) is 2.94. The zero-order chi connectivity index (χ0) is 12.4. The van der Waals surface area contributed by atoms with Crippen molar-refractivity contribution in [1.29, 1.82) is 0 Å². The summed E-state index contributed by atoms with van der Waals surface area (Å²) >= 11 is 0. The van der Waals surface area contributed by atoms with E-state index in [1.165, 1.54) is 31.9 Å². The molecular formula is C13H15NO3. The second-order valence-corrected chi connectivity index (χ2v) is 4.43. The molecule has 0 saturated heterocycles. The molecule has 1 N–H and O–H groups in total. The molecule has 1 aliphatic rings. The van der Waals surface area contributed by atoms with Crippen LogP contribution in [0.5, 0.6) is 0 Å². The zero-order valence-electron chi connectivity index (χ0n) is 9.72. The molecule has 90 valence electrons. The molecule has 0 spiro atoms. The van der Waals surface area contributed by atoms with Gasteiger partial charge in [0.25, 0.3) is 0 Å². The first-order chi connectivity index (χ1) is 8.08. The van der Waals surface area contributed by atoms with Crippen LogP contribution < -0.4 is 4.90 Å². The average molecular weight is 233 g/mol. The van der Waals surface area contributed by atoms with Crippen molar-refractivity contribution in [3.63, 3.8) is 0 Å². The van der Waals surface area contributed by atoms with Gasteiger partial charge in [-0.05, 0) is 43.0 Å². The molecule has 0 heterocycles. The summed E-state index contributed by atoms with van der Waals surface area (Å²) in [5, 5.41) is 8.80. The number of nitrogens with zero attached hydrogens (tertiary/aromatic N) is 1. The van der Waals surface area contributed by atoms with Crippen LogP contribution in [0.4, 0.5) is 5.69 Å². The van der Waals surface area contributed by atoms with E-state index in [0.717, 1.165) is 12.2 Å². The van der Waals surface area contributed by atoms with Crippen molar-refractivity contribution in [3.8, 4) is 0 Å². The molecule has 17 heavy (non-hydrogen) atoms. The maximum atomic E-state index is 11.5. The van der Waals surface area contributed by atoms with Crippen LogP contribution in [0.1, 0.15) is 30.1 Å². The number of carboxylic acid groups (broad SMARTS) is 1. The van der Waals surface area contributed by atoms with Gasteiger partial charge in [-0.1, -0.05) is 0 Å². The minimum absolute atomic E-state index is 0.0000231. The van der Waals surface area contributed by atoms with Gasteiger partial charge in [0.1, 0.15) is 0 Å². The highest BCUT2D eigenvalue weighted by molar-refractivity contribution is 5.93. The third kappa shape index (κ3) is 2.84. The predicted octanol–water partition coefficient (Wildman–Crippen LogP) is 2.15. The van der Waals surface area contributed by atoms with Gasteiger partial charge in [-0.15, -0.1) is 0 Å². The van der Waals surface area contributed by atoms with Crippen LogP contribution in [0.3, 0.4) is 0 Å². The number of benzene rings is 1. The van der Waals surface area contributed by atoms with E-state index in [1.54, 1.807) is 17.0 Å². The van der Waals surface area contributed by atoms with Gasteiger partial charge < -0.3 is 10.0 Å². The van der Waals surface area contributed by atoms with Crippen molar-refractivity contribution in [2.24, 2.45) is 5.92 Å². The molecule has 1 aliphatic carbocycles. The molecule has 0 atom stereocenters. The molecule has 0 bridgehead atoms. The smallest absolute Gasteiger partial charge is 0.335 e. The van der Waals surface area contributed by atoms with Gasteiger partial charge in [0, 0.05) is 19.2 Å². The number of hydrogen-bond acceptors (Lipinski definition) is 2. The number of amides is 1. The third-order valence-corrected chi connectivity index (χ3v) is 2.94. The minimum atomic E-state index is -0.951. The van der Waals surface area contributed by atoms with E-state index < -0.39 is 5.97 Å². The van der Waals surface area contributed by atoms with Gasteiger partial charge in [0.2, 0.25) is 5.91 Å². The molecular weight excluding hydrogens is 218 g/mol. The van der Waals surface area contributed by atoms with Crippen molar-refractivity contribution >= 4 is 17.6 Å². The molecule has 1 aromatic carbocycles. The number of carboxylic acids is 1. The number of rotatable bonds is 4. The molecule has 4 heteroatoms. The summed E-state index contributed by atoms with van der Waals surface area (Å²) < 4.78 is 0. The van der Waals surface area contributed by atoms with Crippen LogP contribution >= 0.6 is 0 Å². The minimum Gasteiger partial charge on any atom is -0.478 e. The van der Waals surface area contributed by atoms with Crippen LogP contribution in [0.25, 0.3) is 0 Å². The molecule has 1 saturated carbocycles. The largest absolute Gasteiger partial charge is 0.478 e. The second kappa shape index (κ2) is 4.57. The number of carbonyl (C=O) groups is 2. The number of anilines is 1. The summed E-state index contributed by atoms with van der Waals surface area (Å²) in [6.07, 6.45) is 2.36. The maximum absolute atomic E-state index is 11.5. The highest BCUT2D eigenvalue weighted by Gasteiger charge is 2.26. The lowest BCUT2D eigenvalue weighted by Crippen LogP contribution is -2.30. The van der Waals surface area contributed by atoms with Gasteiger partial charge in [0.05, 0.1) is 5.56 Å². The summed E-state index contributed by atoms with van der Waals surface area (Å²) in [6.45, 7) is 2.27. The average Bonchev–Trinajstić information content (AvgIpc) is 3.09. The first kappa shape index (κ1) is 11.6. The van der Waals surface area contributed by atoms with Gasteiger partial charge in [-0.2, -0.15) is 0 Å². The lowest BCUT2D eigenvalue weighted by Gasteiger charge is -2.21. The topological polar surface area (TPSA) is 57.6 Å². The number of carbonyl (C=O) groups excluding carboxylic acids is 1. The van der Waals surface area contributed by atoms with Crippen molar-refractivity contribution in [3.05, 3.63) is 29.8 Å². The van der Waals surface area contributed by atoms with E-state index >= 15 is 0 Å². The standard InChI is InChI=1S/C13H15NO3/c1-9(15)14(8-10-2-3-10)12-6-4-11(5-7-12)13(16)17/h4-7,10H,2-3,8H2,1H3,(H,16,17). The molecule has 4 nitrogen and oxygen atoms in total. The van der Waals surface area contributed by atoms with Crippen LogP contribution in [0.15, 0.2) is 24.3 Å². The lowest BCUT2D eigenvalue weighted by molar-refractivity contribution is -0.116. The Hall–Kier alpha value is -1.84. The first-order valence-electron chi connectivity index (χ1n) is 5.69. The molecule has 1 aromatic rings. The Morgan fingerprint density at radius 2 is 1.88 bits per heavy atom. The second-order valence-electron chi connectivity index (χ2n) is 4.43. The Morgan fingerprint density at radius 3 is 2.29 bits per heavy atom. The van der Waals surface area contributed by atoms with Gasteiger partial charge in [-0.25, -0.2) is 4.79 Å². The maximum Gasteiger partial charge on any atom is 0.335 e. The van der Waals surface area contributed by atoms with Crippen molar-refractivity contribution in [2.75, 3.05) is 11.4 Å². The van der Waals surface area contributed by atoms with E-state index in [1.807, 2.05) is 0 Å². The fourth-order valence-corrected chi connectivity index (χ4v) is 1.76. The van der Waals surface area contributed by atoms with E-state index in [4.69, 9.17) is 5.11 Å². The van der Waals surface area contributed by atoms with E-state index in [2.05, 4.69) is 0 Å². The first-order valence-corrected chi connectivity index (χ1v) is 5.69. The van der Waals surface area contributed by atoms with Crippen LogP contribution in [-0.2, 0) is 4.79 Å². The summed E-state index contributed by atoms with van der Waals surface area (Å²) in [5.74, 6) is -0.342. The van der Waals surface area contributed by atoms with Crippen LogP contribution in [-0.4, -0.2) is 23.5 Å². The molecule has 2 rings (SSSR count). The molecule has 1 fully saturated rings. The summed E-state index contributed by atoms with van der Waals surface area (Å²) in [4.78, 5) is 24.0. The molecule has 0 aliphatic heterocycles. The van der Waals surface area contributed by atoms with Gasteiger partial charge in [0.15, 0.2) is 0 Å². The summed E-state index contributed by atoms with van der Waals surface area (Å²) in [6, 6.07) is 6.43. The summed E-state index contributed by atoms with van der Waals surface area (Å²) in [7, 11) is 0. The lowest BCUT2D eigenvalue weighted by atomic mass is 10.2. The predicted molar refractivity (Wildman–Crippen MR) is 64.2 cm³/mol. The normalized spacial score (nSPS) is 14.4. The molecule has 1 amide bonds. The SMILES string of the molecule is CC(=O)N(CC1CC1)c1ccc(C(=O)O)cc1. The quantitative estimate of drug-likeness (QED) is 0.866. The summed E-state index contributed by atoms with van der Waals surface area (Å²) in [5.41, 5.74) is 1.01. The Balaban J connectivity index is 2.17. The fraction of sp³-hybridized carbons (Fsp3) is 0.385. The molecule has 0 unspecified atom stereocenters. The Kier molecular flexibility index (Phi) is 3.13. The molecule has 0 radical (unpaired) electrons. The Bertz CT molecular complexity index is 434. The highest BCUT2D eigenvalue weighted by Crippen LogP contribution is 2.31. The van der Waals surface area contributed by atoms with E-state index in [-0.39, 0.29) is 11.5 Å². The zero-order valence-corrected chi connectivity index (χ0v) is 9.72. The van der Waals surface area contributed by atoms with Crippen molar-refractivity contribution in [2.45, 2.75) is 19.8 Å². The monoisotopic (exact) mass is 233 g/mol. The van der Waals surface area contributed by atoms with Crippen molar-refractivity contribution in [1.82, 2.24) is 0 Å². The van der Waals surface area contributed by atoms with E-state index in [0.29, 0.717) is 5.92 Å². The van der Waals surface area contributed by atoms with E-state index in [9.17, 15) is 9.59 Å². The Labute approximate surface area is 99.9 Å². The number of aromatic carboxylic acids is 1. The van der Waals surface area contributed by atoms with Crippen molar-refractivity contribution < 1.29 is 14.7 Å². The molecule has 0 aromatic heterocycles. The fourth-order valence-electron chi connectivity index (χ4n) is 1.76. The Morgan fingerprint density at radius 1 is 1.29 bits per heavy atom. The number of hydrogen-bond donors (Lipinski definition) is 1. The highest BCUT2D eigenvalue weighted by atomic mass is 16.4. The van der Waals surface area contributed by atoms with Gasteiger partial charge in [-0.3, -0.25) is 4.79 Å².